The van der Waals surface area contributed by atoms with E-state index in [-0.39, 0.29) is 12.1 Å². The van der Waals surface area contributed by atoms with Crippen molar-refractivity contribution in [1.29, 1.82) is 0 Å². The molecule has 7 heteroatoms. The summed E-state index contributed by atoms with van der Waals surface area (Å²) in [5, 5.41) is 4.23. The minimum Gasteiger partial charge on any atom is -0.457 e. The lowest BCUT2D eigenvalue weighted by atomic mass is 9.96. The van der Waals surface area contributed by atoms with Gasteiger partial charge in [0.2, 0.25) is 0 Å². The zero-order chi connectivity index (χ0) is 27.8. The highest BCUT2D eigenvalue weighted by Gasteiger charge is 2.42. The van der Waals surface area contributed by atoms with E-state index in [1.165, 1.54) is 11.1 Å². The first-order valence-corrected chi connectivity index (χ1v) is 13.8. The van der Waals surface area contributed by atoms with Gasteiger partial charge in [-0.25, -0.2) is 4.98 Å². The van der Waals surface area contributed by atoms with E-state index in [0.29, 0.717) is 5.11 Å². The van der Waals surface area contributed by atoms with E-state index in [1.807, 2.05) is 60.9 Å². The van der Waals surface area contributed by atoms with Crippen LogP contribution < -0.4 is 15.0 Å². The van der Waals surface area contributed by atoms with Crippen molar-refractivity contribution in [3.05, 3.63) is 131 Å². The third-order valence-electron chi connectivity index (χ3n) is 7.38. The molecular weight excluding hydrogens is 514 g/mol. The fourth-order valence-corrected chi connectivity index (χ4v) is 5.74. The zero-order valence-electron chi connectivity index (χ0n) is 23.0. The van der Waals surface area contributed by atoms with E-state index in [1.54, 1.807) is 0 Å². The predicted octanol–water partition coefficient (Wildman–Crippen LogP) is 7.47. The molecule has 4 heterocycles. The number of ether oxygens (including phenoxy) is 1. The number of thiocarbonyl (C=S) groups is 1. The molecule has 1 N–H and O–H groups in total. The molecule has 1 aliphatic rings. The van der Waals surface area contributed by atoms with E-state index in [2.05, 4.69) is 78.9 Å². The molecule has 0 radical (unpaired) electrons. The Morgan fingerprint density at radius 2 is 1.50 bits per heavy atom. The van der Waals surface area contributed by atoms with Crippen molar-refractivity contribution in [2.45, 2.75) is 39.8 Å². The van der Waals surface area contributed by atoms with Crippen molar-refractivity contribution in [2.24, 2.45) is 0 Å². The quantitative estimate of drug-likeness (QED) is 0.223. The van der Waals surface area contributed by atoms with Crippen molar-refractivity contribution >= 4 is 23.0 Å². The number of nitrogens with zero attached hydrogens (tertiary/aromatic N) is 4. The van der Waals surface area contributed by atoms with Gasteiger partial charge in [-0.05, 0) is 112 Å². The fraction of sp³-hybridized carbons (Fsp3) is 0.182. The molecule has 2 aromatic carbocycles. The molecule has 0 saturated carbocycles. The lowest BCUT2D eigenvalue weighted by Crippen LogP contribution is -2.29. The number of anilines is 1. The van der Waals surface area contributed by atoms with Crippen LogP contribution in [0, 0.1) is 27.7 Å². The van der Waals surface area contributed by atoms with Crippen LogP contribution in [0.5, 0.6) is 11.5 Å². The van der Waals surface area contributed by atoms with Crippen LogP contribution in [-0.4, -0.2) is 19.6 Å². The molecule has 0 spiro atoms. The number of aryl methyl sites for hydroxylation is 3. The first-order valence-electron chi connectivity index (χ1n) is 13.4. The number of nitrogens with one attached hydrogen (secondary N) is 1. The Balaban J connectivity index is 1.40. The summed E-state index contributed by atoms with van der Waals surface area (Å²) < 4.78 is 8.30. The van der Waals surface area contributed by atoms with E-state index < -0.39 is 0 Å². The molecule has 0 amide bonds. The van der Waals surface area contributed by atoms with Gasteiger partial charge in [-0.15, -0.1) is 0 Å². The third-order valence-corrected chi connectivity index (χ3v) is 7.70. The summed E-state index contributed by atoms with van der Waals surface area (Å²) in [6.07, 6.45) is 3.74. The molecule has 6 rings (SSSR count). The molecule has 40 heavy (non-hydrogen) atoms. The van der Waals surface area contributed by atoms with Gasteiger partial charge in [0.05, 0.1) is 17.8 Å². The Labute approximate surface area is 240 Å². The van der Waals surface area contributed by atoms with Crippen molar-refractivity contribution in [3.8, 4) is 17.3 Å². The highest BCUT2D eigenvalue weighted by atomic mass is 32.1. The van der Waals surface area contributed by atoms with Crippen molar-refractivity contribution in [2.75, 3.05) is 4.90 Å². The molecular formula is C33H31N5OS. The number of hydrogen-bond acceptors (Lipinski definition) is 4. The summed E-state index contributed by atoms with van der Waals surface area (Å²) >= 11 is 5.95. The monoisotopic (exact) mass is 545 g/mol. The molecule has 0 unspecified atom stereocenters. The molecule has 1 saturated heterocycles. The van der Waals surface area contributed by atoms with Gasteiger partial charge in [-0.1, -0.05) is 29.8 Å². The van der Waals surface area contributed by atoms with Gasteiger partial charge in [-0.2, -0.15) is 0 Å². The van der Waals surface area contributed by atoms with Gasteiger partial charge in [0.1, 0.15) is 17.3 Å². The van der Waals surface area contributed by atoms with Crippen LogP contribution >= 0.6 is 12.2 Å². The first-order chi connectivity index (χ1) is 19.4. The maximum Gasteiger partial charge on any atom is 0.174 e. The van der Waals surface area contributed by atoms with Gasteiger partial charge in [0, 0.05) is 29.5 Å². The maximum absolute atomic E-state index is 6.09. The van der Waals surface area contributed by atoms with Crippen LogP contribution in [0.2, 0.25) is 0 Å². The van der Waals surface area contributed by atoms with E-state index >= 15 is 0 Å². The smallest absolute Gasteiger partial charge is 0.174 e. The van der Waals surface area contributed by atoms with Gasteiger partial charge in [-0.3, -0.25) is 4.98 Å². The molecule has 1 aliphatic heterocycles. The number of hydrogen-bond donors (Lipinski definition) is 1. The van der Waals surface area contributed by atoms with Gasteiger partial charge in [0.15, 0.2) is 5.11 Å². The highest BCUT2D eigenvalue weighted by molar-refractivity contribution is 7.80. The minimum atomic E-state index is -0.128. The second-order valence-electron chi connectivity index (χ2n) is 10.3. The van der Waals surface area contributed by atoms with Crippen LogP contribution in [0.15, 0.2) is 97.3 Å². The summed E-state index contributed by atoms with van der Waals surface area (Å²) in [7, 11) is 0. The highest BCUT2D eigenvalue weighted by Crippen LogP contribution is 2.44. The molecule has 6 nitrogen and oxygen atoms in total. The van der Waals surface area contributed by atoms with E-state index in [0.717, 1.165) is 45.6 Å². The lowest BCUT2D eigenvalue weighted by Gasteiger charge is -2.28. The number of rotatable bonds is 6. The Morgan fingerprint density at radius 1 is 0.800 bits per heavy atom. The summed E-state index contributed by atoms with van der Waals surface area (Å²) in [4.78, 5) is 11.6. The van der Waals surface area contributed by atoms with Gasteiger partial charge >= 0.3 is 0 Å². The summed E-state index contributed by atoms with van der Waals surface area (Å²) in [5.74, 6) is 2.48. The molecule has 1 fully saturated rings. The fourth-order valence-electron chi connectivity index (χ4n) is 5.40. The normalized spacial score (nSPS) is 16.7. The van der Waals surface area contributed by atoms with Gasteiger partial charge < -0.3 is 19.5 Å². The second kappa shape index (κ2) is 10.6. The number of benzene rings is 2. The second-order valence-corrected chi connectivity index (χ2v) is 10.6. The van der Waals surface area contributed by atoms with Crippen LogP contribution in [0.25, 0.3) is 5.82 Å². The van der Waals surface area contributed by atoms with E-state index in [9.17, 15) is 0 Å². The number of aromatic nitrogens is 3. The Bertz CT molecular complexity index is 1640. The van der Waals surface area contributed by atoms with Crippen LogP contribution in [-0.2, 0) is 0 Å². The van der Waals surface area contributed by atoms with Gasteiger partial charge in [0.25, 0.3) is 0 Å². The average Bonchev–Trinajstić information content (AvgIpc) is 3.46. The van der Waals surface area contributed by atoms with Crippen LogP contribution in [0.1, 0.15) is 45.9 Å². The van der Waals surface area contributed by atoms with E-state index in [4.69, 9.17) is 26.9 Å². The van der Waals surface area contributed by atoms with Crippen molar-refractivity contribution in [3.63, 3.8) is 0 Å². The van der Waals surface area contributed by atoms with Crippen molar-refractivity contribution in [1.82, 2.24) is 19.9 Å². The minimum absolute atomic E-state index is 0.114. The third kappa shape index (κ3) is 4.84. The average molecular weight is 546 g/mol. The topological polar surface area (TPSA) is 55.2 Å². The lowest BCUT2D eigenvalue weighted by molar-refractivity contribution is 0.482. The Hall–Kier alpha value is -4.49. The molecule has 0 bridgehead atoms. The molecule has 3 aromatic heterocycles. The van der Waals surface area contributed by atoms with Crippen LogP contribution in [0.4, 0.5) is 5.69 Å². The Morgan fingerprint density at radius 3 is 2.15 bits per heavy atom. The summed E-state index contributed by atoms with van der Waals surface area (Å²) in [6.45, 7) is 8.39. The predicted molar refractivity (Wildman–Crippen MR) is 163 cm³/mol. The summed E-state index contributed by atoms with van der Waals surface area (Å²) in [6, 6.07) is 28.3. The Kier molecular flexibility index (Phi) is 6.82. The SMILES string of the molecule is Cc1ccc(Oc2ccc(N3C(=S)N[C@H](c4ccccn4)[C@@H]3c3cc(C)n(-c4ccc(C)cn4)c3C)cc2)cc1. The van der Waals surface area contributed by atoms with Crippen molar-refractivity contribution < 1.29 is 4.74 Å². The zero-order valence-corrected chi connectivity index (χ0v) is 23.8. The first kappa shape index (κ1) is 25.8. The molecule has 2 atom stereocenters. The molecule has 200 valence electrons. The largest absolute Gasteiger partial charge is 0.457 e. The standard InChI is InChI=1S/C33H31N5OS/c1-21-8-13-26(14-9-21)39-27-15-11-25(12-16-27)38-32(31(36-33(38)40)29-7-5-6-18-34-29)28-19-23(3)37(24(28)4)30-17-10-22(2)20-35-30/h5-20,31-32H,1-4H3,(H,36,40)/t31-,32+/m1/s1. The summed E-state index contributed by atoms with van der Waals surface area (Å²) in [5.41, 5.74) is 7.66. The maximum atomic E-state index is 6.09. The molecule has 0 aliphatic carbocycles. The number of pyridine rings is 2. The van der Waals surface area contributed by atoms with Crippen LogP contribution in [0.3, 0.4) is 0 Å². The molecule has 5 aromatic rings.